The highest BCUT2D eigenvalue weighted by Gasteiger charge is 2.52. The molecule has 0 saturated heterocycles. The van der Waals surface area contributed by atoms with Gasteiger partial charge < -0.3 is 0 Å². The predicted molar refractivity (Wildman–Crippen MR) is 185 cm³/mol. The minimum atomic E-state index is -7.22. The van der Waals surface area contributed by atoms with Crippen molar-refractivity contribution in [3.63, 3.8) is 0 Å². The lowest BCUT2D eigenvalue weighted by Crippen LogP contribution is -2.81. The van der Waals surface area contributed by atoms with E-state index >= 15 is 35.1 Å². The van der Waals surface area contributed by atoms with Gasteiger partial charge in [-0.05, 0) is 12.8 Å². The van der Waals surface area contributed by atoms with E-state index in [2.05, 4.69) is 52.3 Å². The van der Waals surface area contributed by atoms with Gasteiger partial charge in [0.15, 0.2) is 88.7 Å². The van der Waals surface area contributed by atoms with Gasteiger partial charge in [-0.1, -0.05) is 49.6 Å². The van der Waals surface area contributed by atoms with Crippen LogP contribution in [0.5, 0.6) is 0 Å². The SMILES string of the molecule is Fc1c(F)c(F)c([B-](c2c(F)c(F)c(F)c(F)c2F)(c2c(F)c(F)c(F)c(F)c2F)c2c(F)c(F)c(F)c(F)c2F)c(F)c1F.c1ccc(C[n+]2ccnc(C3CCCCC3)c2)cc1. The van der Waals surface area contributed by atoms with Crippen LogP contribution in [0.3, 0.4) is 0 Å². The summed E-state index contributed by atoms with van der Waals surface area (Å²) in [6.07, 6.45) is 5.78. The summed E-state index contributed by atoms with van der Waals surface area (Å²) in [5.41, 5.74) is -11.7. The van der Waals surface area contributed by atoms with E-state index in [0.717, 1.165) is 6.54 Å². The van der Waals surface area contributed by atoms with E-state index in [0.29, 0.717) is 5.92 Å². The van der Waals surface area contributed by atoms with Crippen molar-refractivity contribution in [2.75, 3.05) is 0 Å². The maximum Gasteiger partial charge on any atom is 0.200 e. The third-order valence-electron chi connectivity index (χ3n) is 10.7. The standard InChI is InChI=1S/C24BF20.C17H21N2/c26-5-1(6(27)14(35)21(42)13(5)34)25(2-7(28)15(36)22(43)16(37)8(2)29,3-9(30)17(38)23(44)18(39)10(3)31)4-11(32)19(40)24(45)20(41)12(4)33;1-3-7-15(8-4-1)13-19-12-11-18-17(14-19)16-9-5-2-6-10-16/h;1,3-4,7-8,11-12,14,16H,2,5-6,9-10,13H2/q-1;+1. The summed E-state index contributed by atoms with van der Waals surface area (Å²) in [4.78, 5) is 4.58. The second-order valence-electron chi connectivity index (χ2n) is 14.3. The summed E-state index contributed by atoms with van der Waals surface area (Å²) >= 11 is 0. The molecule has 338 valence electrons. The van der Waals surface area contributed by atoms with E-state index in [9.17, 15) is 52.7 Å². The highest BCUT2D eigenvalue weighted by Crippen LogP contribution is 2.32. The van der Waals surface area contributed by atoms with Crippen molar-refractivity contribution in [1.82, 2.24) is 4.98 Å². The molecule has 0 radical (unpaired) electrons. The zero-order valence-corrected chi connectivity index (χ0v) is 31.5. The summed E-state index contributed by atoms with van der Waals surface area (Å²) < 4.78 is 296. The average molecular weight is 932 g/mol. The summed E-state index contributed by atoms with van der Waals surface area (Å²) in [5, 5.41) is 0. The molecule has 1 fully saturated rings. The van der Waals surface area contributed by atoms with E-state index in [4.69, 9.17) is 0 Å². The van der Waals surface area contributed by atoms with Gasteiger partial charge in [-0.25, -0.2) is 92.8 Å². The number of hydrogen-bond donors (Lipinski definition) is 0. The van der Waals surface area contributed by atoms with Gasteiger partial charge in [0.2, 0.25) is 0 Å². The van der Waals surface area contributed by atoms with Crippen LogP contribution >= 0.6 is 0 Å². The Labute approximate surface area is 346 Å². The number of rotatable bonds is 7. The lowest BCUT2D eigenvalue weighted by atomic mass is 9.12. The van der Waals surface area contributed by atoms with Crippen molar-refractivity contribution in [2.24, 2.45) is 0 Å². The molecule has 64 heavy (non-hydrogen) atoms. The molecule has 0 atom stereocenters. The van der Waals surface area contributed by atoms with Crippen LogP contribution in [-0.4, -0.2) is 11.1 Å². The molecule has 7 rings (SSSR count). The van der Waals surface area contributed by atoms with Crippen LogP contribution in [0.2, 0.25) is 0 Å². The van der Waals surface area contributed by atoms with Gasteiger partial charge in [0.05, 0.1) is 6.20 Å². The van der Waals surface area contributed by atoms with Crippen molar-refractivity contribution >= 4 is 28.0 Å². The smallest absolute Gasteiger partial charge is 0.200 e. The van der Waals surface area contributed by atoms with E-state index in [1.165, 1.54) is 43.4 Å². The topological polar surface area (TPSA) is 16.8 Å². The van der Waals surface area contributed by atoms with Crippen LogP contribution in [-0.2, 0) is 6.54 Å². The van der Waals surface area contributed by atoms with Crippen molar-refractivity contribution < 1.29 is 92.4 Å². The minimum absolute atomic E-state index is 0.678. The third kappa shape index (κ3) is 7.69. The Morgan fingerprint density at radius 3 is 1.02 bits per heavy atom. The zero-order chi connectivity index (χ0) is 47.3. The highest BCUT2D eigenvalue weighted by atomic mass is 19.2. The minimum Gasteiger partial charge on any atom is -0.249 e. The van der Waals surface area contributed by atoms with Crippen LogP contribution in [0, 0.1) is 116 Å². The Morgan fingerprint density at radius 2 is 0.703 bits per heavy atom. The fraction of sp³-hybridized carbons (Fsp3) is 0.171. The molecule has 1 saturated carbocycles. The Balaban J connectivity index is 0.000000295. The molecule has 1 heterocycles. The van der Waals surface area contributed by atoms with Gasteiger partial charge in [0.25, 0.3) is 0 Å². The lowest BCUT2D eigenvalue weighted by molar-refractivity contribution is -0.689. The molecule has 0 aliphatic heterocycles. The van der Waals surface area contributed by atoms with Crippen LogP contribution in [0.4, 0.5) is 87.8 Å². The van der Waals surface area contributed by atoms with Crippen molar-refractivity contribution in [3.05, 3.63) is 177 Å². The van der Waals surface area contributed by atoms with Gasteiger partial charge in [0, 0.05) is 11.5 Å². The van der Waals surface area contributed by atoms with Crippen LogP contribution in [0.25, 0.3) is 0 Å². The number of hydrogen-bond acceptors (Lipinski definition) is 1. The van der Waals surface area contributed by atoms with E-state index in [1.807, 2.05) is 6.20 Å². The Hall–Kier alpha value is -6.16. The molecule has 1 aromatic heterocycles. The summed E-state index contributed by atoms with van der Waals surface area (Å²) in [5.74, 6) is -70.7. The molecule has 0 amide bonds. The van der Waals surface area contributed by atoms with Crippen molar-refractivity contribution in [1.29, 1.82) is 0 Å². The van der Waals surface area contributed by atoms with Crippen LogP contribution < -0.4 is 26.4 Å². The number of halogens is 20. The number of nitrogens with zero attached hydrogens (tertiary/aromatic N) is 2. The number of benzene rings is 5. The Morgan fingerprint density at radius 1 is 0.406 bits per heavy atom. The van der Waals surface area contributed by atoms with Gasteiger partial charge in [0.1, 0.15) is 58.4 Å². The molecule has 23 heteroatoms. The average Bonchev–Trinajstić information content (AvgIpc) is 3.29. The fourth-order valence-corrected chi connectivity index (χ4v) is 7.83. The third-order valence-corrected chi connectivity index (χ3v) is 10.7. The molecule has 6 aromatic rings. The molecule has 0 spiro atoms. The second kappa shape index (κ2) is 18.1. The highest BCUT2D eigenvalue weighted by molar-refractivity contribution is 7.20. The van der Waals surface area contributed by atoms with E-state index in [1.54, 1.807) is 0 Å². The van der Waals surface area contributed by atoms with Crippen LogP contribution in [0.1, 0.15) is 49.3 Å². The largest absolute Gasteiger partial charge is 0.249 e. The molecule has 0 unspecified atom stereocenters. The molecule has 0 bridgehead atoms. The monoisotopic (exact) mass is 932 g/mol. The summed E-state index contributed by atoms with van der Waals surface area (Å²) in [6, 6.07) is 10.6. The molecule has 1 aliphatic carbocycles. The van der Waals surface area contributed by atoms with Gasteiger partial charge >= 0.3 is 0 Å². The second-order valence-corrected chi connectivity index (χ2v) is 14.3. The molecule has 0 N–H and O–H groups in total. The van der Waals surface area contributed by atoms with E-state index < -0.39 is 144 Å². The number of aromatic nitrogens is 2. The summed E-state index contributed by atoms with van der Waals surface area (Å²) in [7, 11) is 0. The first-order valence-corrected chi connectivity index (χ1v) is 18.2. The fourth-order valence-electron chi connectivity index (χ4n) is 7.83. The van der Waals surface area contributed by atoms with Gasteiger partial charge in [-0.2, -0.15) is 4.57 Å². The van der Waals surface area contributed by atoms with Crippen molar-refractivity contribution in [2.45, 2.75) is 44.6 Å². The lowest BCUT2D eigenvalue weighted by Gasteiger charge is -2.44. The molecule has 1 aliphatic rings. The molecule has 5 aromatic carbocycles. The zero-order valence-electron chi connectivity index (χ0n) is 31.5. The molecular weight excluding hydrogens is 911 g/mol. The van der Waals surface area contributed by atoms with Gasteiger partial charge in [-0.15, -0.1) is 21.9 Å². The maximum atomic E-state index is 15.4. The first-order valence-electron chi connectivity index (χ1n) is 18.2. The quantitative estimate of drug-likeness (QED) is 0.0513. The predicted octanol–water partition coefficient (Wildman–Crippen LogP) is 9.31. The van der Waals surface area contributed by atoms with Crippen molar-refractivity contribution in [3.8, 4) is 0 Å². The Kier molecular flexibility index (Phi) is 13.4. The molecular formula is C41H21BF20N2. The van der Waals surface area contributed by atoms with Crippen LogP contribution in [0.15, 0.2) is 48.9 Å². The molecule has 2 nitrogen and oxygen atoms in total. The van der Waals surface area contributed by atoms with Gasteiger partial charge in [-0.3, -0.25) is 0 Å². The summed E-state index contributed by atoms with van der Waals surface area (Å²) in [6.45, 7) is 0.934. The Bertz CT molecular complexity index is 2420. The maximum absolute atomic E-state index is 15.4. The van der Waals surface area contributed by atoms with E-state index in [-0.39, 0.29) is 0 Å². The first kappa shape index (κ1) is 47.3. The first-order chi connectivity index (χ1) is 30.1. The normalized spacial score (nSPS) is 13.3.